The van der Waals surface area contributed by atoms with Gasteiger partial charge in [0.2, 0.25) is 0 Å². The number of rotatable bonds is 4. The van der Waals surface area contributed by atoms with Crippen molar-refractivity contribution in [2.45, 2.75) is 13.8 Å². The molecule has 2 aromatic carbocycles. The molecule has 1 aromatic heterocycles. The molecule has 146 valence electrons. The van der Waals surface area contributed by atoms with Gasteiger partial charge in [-0.15, -0.1) is 0 Å². The summed E-state index contributed by atoms with van der Waals surface area (Å²) in [6, 6.07) is 19.8. The molecule has 2 heterocycles. The summed E-state index contributed by atoms with van der Waals surface area (Å²) < 4.78 is 7.35. The van der Waals surface area contributed by atoms with E-state index in [-0.39, 0.29) is 5.91 Å². The van der Waals surface area contributed by atoms with Crippen molar-refractivity contribution in [2.75, 3.05) is 7.11 Å². The van der Waals surface area contributed by atoms with E-state index < -0.39 is 0 Å². The summed E-state index contributed by atoms with van der Waals surface area (Å²) >= 11 is 1.35. The third kappa shape index (κ3) is 3.98. The van der Waals surface area contributed by atoms with Gasteiger partial charge in [0.1, 0.15) is 5.75 Å². The topological polar surface area (TPSA) is 55.6 Å². The standard InChI is InChI=1S/C23H21N3O2S/c1-15-6-4-5-7-20(15)24-23-25-22(27)21(29-23)14-18-9-8-16(2)26(18)17-10-12-19(28-3)13-11-17/h4-14H,1-3H3,(H,24,25,27)/b21-14-. The van der Waals surface area contributed by atoms with E-state index in [1.54, 1.807) is 7.11 Å². The van der Waals surface area contributed by atoms with E-state index in [9.17, 15) is 4.79 Å². The lowest BCUT2D eigenvalue weighted by atomic mass is 10.2. The molecule has 29 heavy (non-hydrogen) atoms. The van der Waals surface area contributed by atoms with E-state index in [4.69, 9.17) is 4.74 Å². The lowest BCUT2D eigenvalue weighted by Crippen LogP contribution is -2.19. The largest absolute Gasteiger partial charge is 0.497 e. The number of carbonyl (C=O) groups excluding carboxylic acids is 1. The Hall–Kier alpha value is -3.25. The van der Waals surface area contributed by atoms with Crippen molar-refractivity contribution in [2.24, 2.45) is 4.99 Å². The van der Waals surface area contributed by atoms with Gasteiger partial charge in [-0.1, -0.05) is 18.2 Å². The molecule has 0 saturated carbocycles. The predicted octanol–water partition coefficient (Wildman–Crippen LogP) is 4.99. The Morgan fingerprint density at radius 2 is 1.79 bits per heavy atom. The molecule has 1 aliphatic rings. The zero-order valence-electron chi connectivity index (χ0n) is 16.5. The highest BCUT2D eigenvalue weighted by molar-refractivity contribution is 8.18. The zero-order chi connectivity index (χ0) is 20.4. The molecule has 0 unspecified atom stereocenters. The van der Waals surface area contributed by atoms with Gasteiger partial charge in [0.15, 0.2) is 5.17 Å². The maximum atomic E-state index is 12.5. The van der Waals surface area contributed by atoms with Gasteiger partial charge in [-0.3, -0.25) is 4.79 Å². The first-order chi connectivity index (χ1) is 14.0. The second-order valence-corrected chi connectivity index (χ2v) is 7.73. The highest BCUT2D eigenvalue weighted by Gasteiger charge is 2.24. The average Bonchev–Trinajstić information content (AvgIpc) is 3.26. The number of ether oxygens (including phenoxy) is 1. The highest BCUT2D eigenvalue weighted by atomic mass is 32.2. The van der Waals surface area contributed by atoms with Crippen molar-refractivity contribution >= 4 is 34.6 Å². The number of methoxy groups -OCH3 is 1. The first kappa shape index (κ1) is 19.1. The lowest BCUT2D eigenvalue weighted by molar-refractivity contribution is -0.115. The smallest absolute Gasteiger partial charge is 0.264 e. The minimum absolute atomic E-state index is 0.137. The van der Waals surface area contributed by atoms with Gasteiger partial charge in [-0.25, -0.2) is 4.99 Å². The summed E-state index contributed by atoms with van der Waals surface area (Å²) in [5, 5.41) is 3.45. The van der Waals surface area contributed by atoms with Crippen LogP contribution in [0.5, 0.6) is 5.75 Å². The molecule has 1 saturated heterocycles. The van der Waals surface area contributed by atoms with E-state index in [0.717, 1.165) is 34.1 Å². The Morgan fingerprint density at radius 3 is 2.52 bits per heavy atom. The van der Waals surface area contributed by atoms with Crippen LogP contribution in [0, 0.1) is 13.8 Å². The molecule has 1 fully saturated rings. The van der Waals surface area contributed by atoms with Crippen LogP contribution in [0.15, 0.2) is 70.6 Å². The fraction of sp³-hybridized carbons (Fsp3) is 0.130. The molecule has 5 nitrogen and oxygen atoms in total. The number of aryl methyl sites for hydroxylation is 2. The number of aromatic nitrogens is 1. The summed E-state index contributed by atoms with van der Waals surface area (Å²) in [7, 11) is 1.65. The van der Waals surface area contributed by atoms with E-state index in [1.807, 2.05) is 80.6 Å². The van der Waals surface area contributed by atoms with Gasteiger partial charge < -0.3 is 14.6 Å². The molecule has 6 heteroatoms. The number of hydrogen-bond acceptors (Lipinski definition) is 4. The van der Waals surface area contributed by atoms with E-state index >= 15 is 0 Å². The fourth-order valence-electron chi connectivity index (χ4n) is 3.17. The maximum absolute atomic E-state index is 12.5. The average molecular weight is 404 g/mol. The van der Waals surface area contributed by atoms with Gasteiger partial charge in [0.25, 0.3) is 5.91 Å². The number of hydrogen-bond donors (Lipinski definition) is 1. The van der Waals surface area contributed by atoms with Crippen LogP contribution in [0.4, 0.5) is 5.69 Å². The molecule has 4 rings (SSSR count). The Morgan fingerprint density at radius 1 is 1.03 bits per heavy atom. The molecule has 3 aromatic rings. The van der Waals surface area contributed by atoms with Crippen LogP contribution in [0.3, 0.4) is 0 Å². The molecule has 0 spiro atoms. The molecule has 0 atom stereocenters. The van der Waals surface area contributed by atoms with Crippen LogP contribution in [-0.2, 0) is 4.79 Å². The molecule has 0 radical (unpaired) electrons. The van der Waals surface area contributed by atoms with Crippen molar-refractivity contribution in [3.63, 3.8) is 0 Å². The third-order valence-corrected chi connectivity index (χ3v) is 5.61. The predicted molar refractivity (Wildman–Crippen MR) is 119 cm³/mol. The summed E-state index contributed by atoms with van der Waals surface area (Å²) in [5.74, 6) is 0.670. The molecule has 1 amide bonds. The van der Waals surface area contributed by atoms with Crippen molar-refractivity contribution in [3.8, 4) is 11.4 Å². The molecule has 0 aliphatic carbocycles. The van der Waals surface area contributed by atoms with Crippen LogP contribution >= 0.6 is 11.8 Å². The molecular weight excluding hydrogens is 382 g/mol. The number of nitrogens with one attached hydrogen (secondary N) is 1. The monoisotopic (exact) mass is 403 g/mol. The maximum Gasteiger partial charge on any atom is 0.264 e. The number of carbonyl (C=O) groups is 1. The number of benzene rings is 2. The van der Waals surface area contributed by atoms with Crippen molar-refractivity contribution in [1.29, 1.82) is 0 Å². The summed E-state index contributed by atoms with van der Waals surface area (Å²) in [4.78, 5) is 17.7. The van der Waals surface area contributed by atoms with Gasteiger partial charge in [0, 0.05) is 17.1 Å². The first-order valence-corrected chi connectivity index (χ1v) is 10.0. The summed E-state index contributed by atoms with van der Waals surface area (Å²) in [6.07, 6.45) is 1.90. The highest BCUT2D eigenvalue weighted by Crippen LogP contribution is 2.30. The van der Waals surface area contributed by atoms with Crippen LogP contribution in [0.25, 0.3) is 11.8 Å². The summed E-state index contributed by atoms with van der Waals surface area (Å²) in [6.45, 7) is 4.04. The zero-order valence-corrected chi connectivity index (χ0v) is 17.3. The number of para-hydroxylation sites is 1. The van der Waals surface area contributed by atoms with Crippen LogP contribution in [0.1, 0.15) is 17.0 Å². The Kier molecular flexibility index (Phi) is 5.27. The molecular formula is C23H21N3O2S. The molecule has 1 aliphatic heterocycles. The second-order valence-electron chi connectivity index (χ2n) is 6.70. The Balaban J connectivity index is 1.65. The van der Waals surface area contributed by atoms with E-state index in [1.165, 1.54) is 11.8 Å². The van der Waals surface area contributed by atoms with E-state index in [0.29, 0.717) is 10.1 Å². The van der Waals surface area contributed by atoms with Crippen LogP contribution < -0.4 is 10.1 Å². The fourth-order valence-corrected chi connectivity index (χ4v) is 3.99. The lowest BCUT2D eigenvalue weighted by Gasteiger charge is -2.10. The van der Waals surface area contributed by atoms with Gasteiger partial charge in [-0.05, 0) is 79.7 Å². The minimum Gasteiger partial charge on any atom is -0.497 e. The van der Waals surface area contributed by atoms with Crippen molar-refractivity contribution < 1.29 is 9.53 Å². The number of nitrogens with zero attached hydrogens (tertiary/aromatic N) is 2. The molecule has 0 bridgehead atoms. The third-order valence-electron chi connectivity index (χ3n) is 4.70. The normalized spacial score (nSPS) is 16.4. The minimum atomic E-state index is -0.137. The van der Waals surface area contributed by atoms with Gasteiger partial charge >= 0.3 is 0 Å². The van der Waals surface area contributed by atoms with E-state index in [2.05, 4.69) is 14.9 Å². The van der Waals surface area contributed by atoms with Crippen LogP contribution in [-0.4, -0.2) is 22.8 Å². The quantitative estimate of drug-likeness (QED) is 0.624. The number of aliphatic imine (C=N–C) groups is 1. The second kappa shape index (κ2) is 8.01. The van der Waals surface area contributed by atoms with Crippen molar-refractivity contribution in [3.05, 3.63) is 82.5 Å². The molecule has 1 N–H and O–H groups in total. The first-order valence-electron chi connectivity index (χ1n) is 9.23. The summed E-state index contributed by atoms with van der Waals surface area (Å²) in [5.41, 5.74) is 4.95. The van der Waals surface area contributed by atoms with Crippen molar-refractivity contribution in [1.82, 2.24) is 9.88 Å². The SMILES string of the molecule is COc1ccc(-n2c(C)ccc2/C=C2\SC(=Nc3ccccc3C)NC2=O)cc1. The van der Waals surface area contributed by atoms with Gasteiger partial charge in [0.05, 0.1) is 17.7 Å². The number of amidine groups is 1. The Bertz CT molecular complexity index is 1130. The van der Waals surface area contributed by atoms with Crippen LogP contribution in [0.2, 0.25) is 0 Å². The number of amides is 1. The Labute approximate surface area is 174 Å². The van der Waals surface area contributed by atoms with Gasteiger partial charge in [-0.2, -0.15) is 0 Å². The number of thioether (sulfide) groups is 1.